The fraction of sp³-hybridized carbons (Fsp3) is 0.474. The van der Waals surface area contributed by atoms with E-state index < -0.39 is 23.2 Å². The second-order valence-electron chi connectivity index (χ2n) is 22.1. The maximum atomic E-state index is 16.2. The molecule has 0 bridgehead atoms. The molecule has 3 atom stereocenters. The maximum absolute atomic E-state index is 16.2. The van der Waals surface area contributed by atoms with Gasteiger partial charge >= 0.3 is 0 Å². The van der Waals surface area contributed by atoms with Crippen LogP contribution in [-0.2, 0) is 39.8 Å². The lowest BCUT2D eigenvalue weighted by atomic mass is 9.92. The molecule has 4 fully saturated rings. The number of benzene rings is 2. The van der Waals surface area contributed by atoms with E-state index in [1.165, 1.54) is 16.8 Å². The topological polar surface area (TPSA) is 148 Å². The monoisotopic (exact) mass is 1010 g/mol. The Kier molecular flexibility index (Phi) is 12.2. The predicted molar refractivity (Wildman–Crippen MR) is 278 cm³/mol. The minimum atomic E-state index is -0.652. The second kappa shape index (κ2) is 18.7. The average Bonchev–Trinajstić information content (AvgIpc) is 3.83. The Balaban J connectivity index is 0.638. The number of hydrogen-bond acceptors (Lipinski definition) is 10. The number of carbonyl (C=O) groups is 4. The summed E-state index contributed by atoms with van der Waals surface area (Å²) in [5.41, 5.74) is 7.88. The van der Waals surface area contributed by atoms with E-state index in [0.29, 0.717) is 97.7 Å². The smallest absolute Gasteiger partial charge is 0.260 e. The highest BCUT2D eigenvalue weighted by Crippen LogP contribution is 2.58. The molecule has 7 aliphatic rings. The second-order valence-corrected chi connectivity index (χ2v) is 22.1. The fourth-order valence-corrected chi connectivity index (χ4v) is 13.3. The summed E-state index contributed by atoms with van der Waals surface area (Å²) >= 11 is 0. The van der Waals surface area contributed by atoms with Crippen LogP contribution >= 0.6 is 0 Å². The number of hydrogen-bond donors (Lipinski definition) is 2. The van der Waals surface area contributed by atoms with Crippen molar-refractivity contribution < 1.29 is 28.0 Å². The van der Waals surface area contributed by atoms with Gasteiger partial charge in [-0.2, -0.15) is 0 Å². The molecule has 1 saturated carbocycles. The first kappa shape index (κ1) is 48.4. The summed E-state index contributed by atoms with van der Waals surface area (Å²) < 4.78 is 34.7. The van der Waals surface area contributed by atoms with Crippen LogP contribution in [0.2, 0.25) is 0 Å². The van der Waals surface area contributed by atoms with Crippen molar-refractivity contribution in [2.45, 2.75) is 102 Å². The third-order valence-electron chi connectivity index (χ3n) is 17.6. The highest BCUT2D eigenvalue weighted by molar-refractivity contribution is 6.15. The van der Waals surface area contributed by atoms with Gasteiger partial charge in [0.25, 0.3) is 11.5 Å². The summed E-state index contributed by atoms with van der Waals surface area (Å²) in [6, 6.07) is 13.0. The largest absolute Gasteiger partial charge is 0.382 e. The number of carbonyl (C=O) groups excluding carboxylic acids is 4. The van der Waals surface area contributed by atoms with Crippen molar-refractivity contribution in [3.8, 4) is 5.69 Å². The van der Waals surface area contributed by atoms with Crippen LogP contribution in [0, 0.1) is 24.5 Å². The molecule has 12 rings (SSSR count). The molecule has 9 heterocycles. The summed E-state index contributed by atoms with van der Waals surface area (Å²) in [6.45, 7) is 14.0. The van der Waals surface area contributed by atoms with Gasteiger partial charge in [-0.15, -0.1) is 0 Å². The number of piperidine rings is 2. The summed E-state index contributed by atoms with van der Waals surface area (Å²) in [5, 5.41) is 6.17. The van der Waals surface area contributed by atoms with Gasteiger partial charge in [0.05, 0.1) is 23.0 Å². The molecule has 3 aromatic heterocycles. The van der Waals surface area contributed by atoms with Crippen LogP contribution < -0.4 is 21.1 Å². The zero-order valence-corrected chi connectivity index (χ0v) is 42.7. The van der Waals surface area contributed by atoms with Crippen molar-refractivity contribution in [2.24, 2.45) is 13.0 Å². The summed E-state index contributed by atoms with van der Waals surface area (Å²) in [4.78, 5) is 81.4. The van der Waals surface area contributed by atoms with Crippen molar-refractivity contribution >= 4 is 51.6 Å². The SMILES string of the molecule is Cc1cc(C(=O)N2CCC(CN3CCN(Cc4ccc5c(c4)C4(CC4)C(=O)N5C4CCC(=O)NC4=O)C[C@@H]3C)CC2)cc(F)c1C1=CCN([C@@H](C)c2cc3c(-n4cc(F)c5c(c4=O)CCN5)ccnc3n2C)CC1. The van der Waals surface area contributed by atoms with E-state index in [2.05, 4.69) is 62.4 Å². The number of amides is 4. The molecular weight excluding hydrogens is 943 g/mol. The molecule has 6 aliphatic heterocycles. The number of nitrogens with zero attached hydrogens (tertiary/aromatic N) is 8. The first-order valence-electron chi connectivity index (χ1n) is 26.6. The molecule has 17 heteroatoms. The van der Waals surface area contributed by atoms with E-state index in [1.807, 2.05) is 41.6 Å². The quantitative estimate of drug-likeness (QED) is 0.151. The zero-order chi connectivity index (χ0) is 51.3. The number of fused-ring (bicyclic) bond motifs is 4. The van der Waals surface area contributed by atoms with Crippen molar-refractivity contribution in [2.75, 3.05) is 69.1 Å². The lowest BCUT2D eigenvalue weighted by molar-refractivity contribution is -0.135. The summed E-state index contributed by atoms with van der Waals surface area (Å²) in [5.74, 6) is -1.18. The van der Waals surface area contributed by atoms with E-state index in [0.717, 1.165) is 97.4 Å². The Morgan fingerprint density at radius 2 is 1.73 bits per heavy atom. The Bertz CT molecular complexity index is 3240. The third-order valence-corrected chi connectivity index (χ3v) is 17.6. The van der Waals surface area contributed by atoms with Gasteiger partial charge in [0.15, 0.2) is 5.82 Å². The fourth-order valence-electron chi connectivity index (χ4n) is 13.3. The first-order chi connectivity index (χ1) is 35.7. The van der Waals surface area contributed by atoms with E-state index in [9.17, 15) is 24.0 Å². The maximum Gasteiger partial charge on any atom is 0.260 e. The number of aryl methyl sites for hydroxylation is 2. The molecule has 1 aliphatic carbocycles. The van der Waals surface area contributed by atoms with Crippen LogP contribution in [0.3, 0.4) is 0 Å². The number of nitrogens with one attached hydrogen (secondary N) is 2. The molecule has 4 amide bonds. The third kappa shape index (κ3) is 8.25. The highest BCUT2D eigenvalue weighted by Gasteiger charge is 2.61. The van der Waals surface area contributed by atoms with Crippen molar-refractivity contribution in [1.29, 1.82) is 0 Å². The van der Waals surface area contributed by atoms with Crippen LogP contribution in [0.5, 0.6) is 0 Å². The van der Waals surface area contributed by atoms with Gasteiger partial charge in [-0.05, 0) is 124 Å². The van der Waals surface area contributed by atoms with Crippen LogP contribution in [0.25, 0.3) is 22.3 Å². The number of likely N-dealkylation sites (tertiary alicyclic amines) is 1. The normalized spacial score (nSPS) is 22.8. The van der Waals surface area contributed by atoms with E-state index >= 15 is 8.78 Å². The lowest BCUT2D eigenvalue weighted by Crippen LogP contribution is -2.54. The Hall–Kier alpha value is -6.56. The van der Waals surface area contributed by atoms with Gasteiger partial charge in [0, 0.05) is 131 Å². The van der Waals surface area contributed by atoms with Crippen molar-refractivity contribution in [3.63, 3.8) is 0 Å². The molecule has 0 radical (unpaired) electrons. The van der Waals surface area contributed by atoms with Gasteiger partial charge in [0.1, 0.15) is 17.5 Å². The molecule has 5 aromatic rings. The molecular formula is C57H64F2N10O5. The van der Waals surface area contributed by atoms with Crippen LogP contribution in [-0.4, -0.2) is 128 Å². The highest BCUT2D eigenvalue weighted by atomic mass is 19.1. The Morgan fingerprint density at radius 1 is 0.919 bits per heavy atom. The van der Waals surface area contributed by atoms with Crippen LogP contribution in [0.4, 0.5) is 20.2 Å². The lowest BCUT2D eigenvalue weighted by Gasteiger charge is -2.42. The van der Waals surface area contributed by atoms with Crippen molar-refractivity contribution in [3.05, 3.63) is 122 Å². The van der Waals surface area contributed by atoms with Gasteiger partial charge in [-0.3, -0.25) is 53.5 Å². The number of imide groups is 1. The first-order valence-corrected chi connectivity index (χ1v) is 26.6. The van der Waals surface area contributed by atoms with Crippen molar-refractivity contribution in [1.82, 2.24) is 39.0 Å². The molecule has 2 aromatic carbocycles. The number of piperazine rings is 1. The molecule has 1 spiro atoms. The number of anilines is 2. The summed E-state index contributed by atoms with van der Waals surface area (Å²) in [6.07, 6.45) is 10.0. The molecule has 74 heavy (non-hydrogen) atoms. The molecule has 2 N–H and O–H groups in total. The molecule has 3 saturated heterocycles. The van der Waals surface area contributed by atoms with Gasteiger partial charge in [-0.25, -0.2) is 13.8 Å². The van der Waals surface area contributed by atoms with E-state index in [-0.39, 0.29) is 41.6 Å². The minimum Gasteiger partial charge on any atom is -0.382 e. The Morgan fingerprint density at radius 3 is 2.46 bits per heavy atom. The van der Waals surface area contributed by atoms with Gasteiger partial charge in [0.2, 0.25) is 17.7 Å². The molecule has 386 valence electrons. The van der Waals surface area contributed by atoms with Crippen LogP contribution in [0.1, 0.15) is 109 Å². The Labute approximate surface area is 429 Å². The molecule has 1 unspecified atom stereocenters. The molecule has 15 nitrogen and oxygen atoms in total. The standard InChI is InChI=1S/C57H64F2N10O5/c1-33-25-39(27-43(58)50(33)38-13-21-65(22-14-38)35(3)48-28-41-45(10-18-61-52(41)63(48)4)68-32-44(59)51-40(55(68)73)9-17-60-51)54(72)66-19-11-36(12-20-66)31-67-24-23-64(29-34(67)2)30-37-5-6-46-42(26-37)57(15-16-57)56(74)69(46)47-7-8-49(70)62-53(47)71/h5-6,10,13,18,25-28,32,34-36,47,60H,7-9,11-12,14-17,19-24,29-31H2,1-4H3,(H,62,70,71)/t34-,35-,47?/m0/s1. The van der Waals surface area contributed by atoms with Gasteiger partial charge < -0.3 is 14.8 Å². The number of aromatic nitrogens is 3. The number of rotatable bonds is 10. The number of halogens is 2. The van der Waals surface area contributed by atoms with Crippen LogP contribution in [0.15, 0.2) is 65.7 Å². The van der Waals surface area contributed by atoms with E-state index in [1.54, 1.807) is 17.2 Å². The van der Waals surface area contributed by atoms with E-state index in [4.69, 9.17) is 0 Å². The van der Waals surface area contributed by atoms with Gasteiger partial charge in [-0.1, -0.05) is 18.2 Å². The minimum absolute atomic E-state index is 0.0100. The predicted octanol–water partition coefficient (Wildman–Crippen LogP) is 6.37. The average molecular weight is 1010 g/mol. The number of pyridine rings is 2. The zero-order valence-electron chi connectivity index (χ0n) is 42.7. The summed E-state index contributed by atoms with van der Waals surface area (Å²) in [7, 11) is 1.95.